The van der Waals surface area contributed by atoms with E-state index in [4.69, 9.17) is 0 Å². The normalized spacial score (nSPS) is 15.6. The number of aromatic nitrogens is 6. The van der Waals surface area contributed by atoms with Crippen LogP contribution < -0.4 is 5.32 Å². The molecule has 0 saturated heterocycles. The molecule has 0 atom stereocenters. The average Bonchev–Trinajstić information content (AvgIpc) is 3.40. The third-order valence-corrected chi connectivity index (χ3v) is 5.79. The molecule has 9 nitrogen and oxygen atoms in total. The Kier molecular flexibility index (Phi) is 5.69. The van der Waals surface area contributed by atoms with Crippen LogP contribution >= 0.6 is 0 Å². The highest BCUT2D eigenvalue weighted by Crippen LogP contribution is 2.40. The predicted molar refractivity (Wildman–Crippen MR) is 110 cm³/mol. The number of imidazole rings is 1. The van der Waals surface area contributed by atoms with E-state index in [9.17, 15) is 9.59 Å². The van der Waals surface area contributed by atoms with Gasteiger partial charge in [0.15, 0.2) is 5.82 Å². The zero-order chi connectivity index (χ0) is 21.0. The Labute approximate surface area is 174 Å². The van der Waals surface area contributed by atoms with Crippen molar-refractivity contribution in [3.8, 4) is 0 Å². The fraction of sp³-hybridized carbons (Fsp3) is 0.429. The van der Waals surface area contributed by atoms with E-state index < -0.39 is 0 Å². The number of carbonyl (C=O) groups is 2. The van der Waals surface area contributed by atoms with Gasteiger partial charge in [-0.15, -0.1) is 5.10 Å². The molecule has 156 valence electrons. The summed E-state index contributed by atoms with van der Waals surface area (Å²) < 4.78 is 3.41. The molecule has 9 heteroatoms. The maximum Gasteiger partial charge on any atom is 0.228 e. The number of rotatable bonds is 7. The van der Waals surface area contributed by atoms with E-state index in [-0.39, 0.29) is 17.1 Å². The summed E-state index contributed by atoms with van der Waals surface area (Å²) in [6, 6.07) is 6.93. The zero-order valence-electron chi connectivity index (χ0n) is 17.0. The molecule has 3 aromatic rings. The van der Waals surface area contributed by atoms with Gasteiger partial charge in [0.2, 0.25) is 11.7 Å². The van der Waals surface area contributed by atoms with Crippen LogP contribution in [-0.4, -0.2) is 41.4 Å². The molecule has 0 bridgehead atoms. The van der Waals surface area contributed by atoms with Crippen molar-refractivity contribution in [1.82, 2.24) is 29.8 Å². The minimum Gasteiger partial charge on any atom is -0.331 e. The summed E-state index contributed by atoms with van der Waals surface area (Å²) in [6.45, 7) is 0.643. The quantitative estimate of drug-likeness (QED) is 0.603. The van der Waals surface area contributed by atoms with Gasteiger partial charge < -0.3 is 9.88 Å². The molecule has 4 rings (SSSR count). The van der Waals surface area contributed by atoms with Gasteiger partial charge in [0, 0.05) is 37.1 Å². The highest BCUT2D eigenvalue weighted by molar-refractivity contribution is 6.07. The van der Waals surface area contributed by atoms with Crippen LogP contribution in [0.15, 0.2) is 43.0 Å². The van der Waals surface area contributed by atoms with Gasteiger partial charge in [0.1, 0.15) is 6.33 Å². The predicted octanol–water partition coefficient (Wildman–Crippen LogP) is 2.62. The van der Waals surface area contributed by atoms with Gasteiger partial charge in [-0.3, -0.25) is 9.59 Å². The first-order chi connectivity index (χ1) is 14.5. The maximum atomic E-state index is 12.8. The van der Waals surface area contributed by atoms with Gasteiger partial charge in [-0.1, -0.05) is 19.3 Å². The lowest BCUT2D eigenvalue weighted by molar-refractivity contribution is -0.119. The second kappa shape index (κ2) is 8.56. The molecular weight excluding hydrogens is 382 g/mol. The largest absolute Gasteiger partial charge is 0.331 e. The number of aryl methyl sites for hydroxylation is 1. The minimum atomic E-state index is -0.150. The second-order valence-corrected chi connectivity index (χ2v) is 8.06. The summed E-state index contributed by atoms with van der Waals surface area (Å²) in [6.07, 6.45) is 10.7. The summed E-state index contributed by atoms with van der Waals surface area (Å²) in [7, 11) is 1.78. The van der Waals surface area contributed by atoms with E-state index in [0.717, 1.165) is 25.7 Å². The lowest BCUT2D eigenvalue weighted by atomic mass is 9.71. The van der Waals surface area contributed by atoms with E-state index >= 15 is 0 Å². The van der Waals surface area contributed by atoms with Crippen LogP contribution in [0.3, 0.4) is 0 Å². The Hall–Kier alpha value is -3.36. The number of ketones is 1. The van der Waals surface area contributed by atoms with E-state index in [0.29, 0.717) is 30.0 Å². The molecule has 1 fully saturated rings. The molecule has 1 saturated carbocycles. The molecule has 30 heavy (non-hydrogen) atoms. The smallest absolute Gasteiger partial charge is 0.228 e. The van der Waals surface area contributed by atoms with E-state index in [1.807, 2.05) is 0 Å². The van der Waals surface area contributed by atoms with Crippen molar-refractivity contribution in [2.45, 2.75) is 45.1 Å². The summed E-state index contributed by atoms with van der Waals surface area (Å²) in [5, 5.41) is 14.4. The molecule has 2 heterocycles. The molecule has 0 spiro atoms. The lowest BCUT2D eigenvalue weighted by Gasteiger charge is -2.36. The fourth-order valence-electron chi connectivity index (χ4n) is 4.25. The number of tetrazole rings is 1. The monoisotopic (exact) mass is 407 g/mol. The Balaban J connectivity index is 1.41. The van der Waals surface area contributed by atoms with Gasteiger partial charge in [0.25, 0.3) is 0 Å². The van der Waals surface area contributed by atoms with Crippen molar-refractivity contribution in [3.05, 3.63) is 54.4 Å². The molecule has 1 amide bonds. The fourth-order valence-corrected chi connectivity index (χ4v) is 4.25. The molecule has 0 aliphatic heterocycles. The highest BCUT2D eigenvalue weighted by atomic mass is 16.1. The Morgan fingerprint density at radius 2 is 1.90 bits per heavy atom. The van der Waals surface area contributed by atoms with Gasteiger partial charge in [0.05, 0.1) is 6.54 Å². The minimum absolute atomic E-state index is 0.0341. The van der Waals surface area contributed by atoms with Gasteiger partial charge in [-0.25, -0.2) is 9.67 Å². The Morgan fingerprint density at radius 3 is 2.53 bits per heavy atom. The van der Waals surface area contributed by atoms with Gasteiger partial charge in [-0.05, 0) is 52.9 Å². The van der Waals surface area contributed by atoms with Crippen LogP contribution in [0.1, 0.15) is 54.7 Å². The molecule has 0 unspecified atom stereocenters. The number of hydrogen-bond donors (Lipinski definition) is 1. The van der Waals surface area contributed by atoms with Crippen LogP contribution in [0.2, 0.25) is 0 Å². The number of nitrogens with one attached hydrogen (secondary N) is 1. The van der Waals surface area contributed by atoms with Crippen molar-refractivity contribution in [2.75, 3.05) is 5.32 Å². The van der Waals surface area contributed by atoms with Crippen molar-refractivity contribution in [2.24, 2.45) is 12.5 Å². The van der Waals surface area contributed by atoms with Crippen LogP contribution in [0, 0.1) is 5.41 Å². The van der Waals surface area contributed by atoms with E-state index in [1.165, 1.54) is 6.42 Å². The first kappa shape index (κ1) is 19.9. The van der Waals surface area contributed by atoms with Crippen LogP contribution in [-0.2, 0) is 18.4 Å². The molecule has 0 radical (unpaired) electrons. The average molecular weight is 407 g/mol. The first-order valence-corrected chi connectivity index (χ1v) is 10.2. The molecule has 1 aliphatic rings. The highest BCUT2D eigenvalue weighted by Gasteiger charge is 2.35. The van der Waals surface area contributed by atoms with Crippen molar-refractivity contribution >= 4 is 17.4 Å². The van der Waals surface area contributed by atoms with Crippen molar-refractivity contribution in [3.63, 3.8) is 0 Å². The Bertz CT molecular complexity index is 1000. The number of nitrogens with zero attached hydrogens (tertiary/aromatic N) is 6. The molecule has 2 aromatic heterocycles. The van der Waals surface area contributed by atoms with Gasteiger partial charge >= 0.3 is 0 Å². The summed E-state index contributed by atoms with van der Waals surface area (Å²) >= 11 is 0. The van der Waals surface area contributed by atoms with Crippen LogP contribution in [0.25, 0.3) is 0 Å². The number of benzene rings is 1. The number of hydrogen-bond acceptors (Lipinski definition) is 6. The van der Waals surface area contributed by atoms with E-state index in [2.05, 4.69) is 25.8 Å². The van der Waals surface area contributed by atoms with Gasteiger partial charge in [-0.2, -0.15) is 0 Å². The number of amides is 1. The third-order valence-electron chi connectivity index (χ3n) is 5.79. The topological polar surface area (TPSA) is 108 Å². The SMILES string of the molecule is Cn1ccnc1C(=O)c1ccc(NC(=O)CC2(Cn3cnnn3)CCCCC2)cc1. The number of carbonyl (C=O) groups excluding carboxylic acids is 2. The summed E-state index contributed by atoms with van der Waals surface area (Å²) in [5.41, 5.74) is 1.07. The molecule has 1 aliphatic carbocycles. The van der Waals surface area contributed by atoms with Crippen molar-refractivity contribution < 1.29 is 9.59 Å². The van der Waals surface area contributed by atoms with E-state index in [1.54, 1.807) is 59.3 Å². The van der Waals surface area contributed by atoms with Crippen LogP contribution in [0.5, 0.6) is 0 Å². The molecule has 1 aromatic carbocycles. The number of anilines is 1. The zero-order valence-corrected chi connectivity index (χ0v) is 17.0. The maximum absolute atomic E-state index is 12.8. The second-order valence-electron chi connectivity index (χ2n) is 8.06. The lowest BCUT2D eigenvalue weighted by Crippen LogP contribution is -2.34. The molecular formula is C21H25N7O2. The summed E-state index contributed by atoms with van der Waals surface area (Å²) in [4.78, 5) is 29.4. The van der Waals surface area contributed by atoms with Crippen molar-refractivity contribution in [1.29, 1.82) is 0 Å². The molecule has 1 N–H and O–H groups in total. The standard InChI is InChI=1S/C21H25N7O2/c1-27-12-11-22-20(27)19(30)16-5-7-17(8-6-16)24-18(29)13-21(9-3-2-4-10-21)14-28-15-23-25-26-28/h5-8,11-12,15H,2-4,9-10,13-14H2,1H3,(H,24,29). The Morgan fingerprint density at radius 1 is 1.13 bits per heavy atom. The van der Waals surface area contributed by atoms with Crippen LogP contribution in [0.4, 0.5) is 5.69 Å². The summed E-state index contributed by atoms with van der Waals surface area (Å²) in [5.74, 6) is 0.199. The first-order valence-electron chi connectivity index (χ1n) is 10.2. The third kappa shape index (κ3) is 4.45.